The largest absolute Gasteiger partial charge is 0.497 e. The van der Waals surface area contributed by atoms with Gasteiger partial charge in [-0.1, -0.05) is 36.4 Å². The number of amides is 10. The Morgan fingerprint density at radius 1 is 0.667 bits per heavy atom. The summed E-state index contributed by atoms with van der Waals surface area (Å²) in [4.78, 5) is 172. The van der Waals surface area contributed by atoms with E-state index in [-0.39, 0.29) is 67.5 Å². The SMILES string of the molecule is COc1ccc(C[C@@H]2NC(=O)[C@H](Cc3cnc[nH]3)NC(=O)[C@H](CC(=O)O)NC(=O)[C@H](Cc3c[nH]c4ccc(F)cc34)NC(=O)[C@H](Cc3c[nH]c4ccc(F)cc34)NC(=O)CNC(=O)[C@H](CCCCN)NC(=O)CCSCc3cccc(c3)CSC[C@@H](C(N)=O)NC(=O)[C@]3(C)CCCN3C2=O)cc1. The molecular formula is C70H83F2N15O13S2. The highest BCUT2D eigenvalue weighted by Crippen LogP contribution is 2.32. The molecule has 1 fully saturated rings. The van der Waals surface area contributed by atoms with Crippen LogP contribution in [0.4, 0.5) is 8.78 Å². The van der Waals surface area contributed by atoms with Crippen molar-refractivity contribution in [2.45, 2.75) is 137 Å². The fourth-order valence-corrected chi connectivity index (χ4v) is 14.2. The Kier molecular flexibility index (Phi) is 26.6. The van der Waals surface area contributed by atoms with E-state index in [1.807, 2.05) is 24.3 Å². The van der Waals surface area contributed by atoms with Gasteiger partial charge in [0, 0.05) is 108 Å². The molecule has 0 aliphatic carbocycles. The summed E-state index contributed by atoms with van der Waals surface area (Å²) in [6.07, 6.45) is 4.62. The minimum Gasteiger partial charge on any atom is -0.497 e. The molecule has 8 atom stereocenters. The molecule has 7 aromatic rings. The zero-order valence-electron chi connectivity index (χ0n) is 56.1. The normalized spacial score (nSPS) is 22.6. The highest BCUT2D eigenvalue weighted by molar-refractivity contribution is 7.98. The number of aromatic amines is 3. The summed E-state index contributed by atoms with van der Waals surface area (Å²) < 4.78 is 35.2. The number of unbranched alkanes of at least 4 members (excludes halogenated alkanes) is 1. The first-order valence-electron chi connectivity index (χ1n) is 33.2. The molecular weight excluding hydrogens is 1360 g/mol. The number of fused-ring (bicyclic) bond motifs is 5. The van der Waals surface area contributed by atoms with Crippen molar-refractivity contribution < 1.29 is 71.4 Å². The summed E-state index contributed by atoms with van der Waals surface area (Å²) in [5.41, 5.74) is 14.2. The van der Waals surface area contributed by atoms with Crippen molar-refractivity contribution in [3.8, 4) is 5.75 Å². The molecule has 4 aromatic carbocycles. The molecule has 542 valence electrons. The van der Waals surface area contributed by atoms with E-state index in [2.05, 4.69) is 62.5 Å². The molecule has 28 nitrogen and oxygen atoms in total. The number of nitrogens with zero attached hydrogens (tertiary/aromatic N) is 2. The zero-order valence-corrected chi connectivity index (χ0v) is 57.8. The maximum atomic E-state index is 15.3. The summed E-state index contributed by atoms with van der Waals surface area (Å²) in [6.45, 7) is 1.13. The number of nitrogens with one attached hydrogen (secondary N) is 11. The minimum absolute atomic E-state index is 0.0126. The molecule has 32 heteroatoms. The number of methoxy groups -OCH3 is 1. The molecule has 5 heterocycles. The Labute approximate surface area is 593 Å². The number of hydrogen-bond acceptors (Lipinski definition) is 16. The third kappa shape index (κ3) is 20.7. The van der Waals surface area contributed by atoms with Gasteiger partial charge in [0.1, 0.15) is 65.2 Å². The van der Waals surface area contributed by atoms with Crippen LogP contribution in [0.2, 0.25) is 0 Å². The van der Waals surface area contributed by atoms with Gasteiger partial charge in [-0.25, -0.2) is 13.8 Å². The number of primary amides is 1. The van der Waals surface area contributed by atoms with Gasteiger partial charge in [-0.15, -0.1) is 0 Å². The van der Waals surface area contributed by atoms with Crippen molar-refractivity contribution in [3.05, 3.63) is 155 Å². The average Bonchev–Trinajstić information content (AvgIpc) is 1.61. The summed E-state index contributed by atoms with van der Waals surface area (Å²) in [7, 11) is 1.46. The van der Waals surface area contributed by atoms with Crippen LogP contribution in [0.25, 0.3) is 21.8 Å². The second kappa shape index (κ2) is 35.8. The molecule has 2 aliphatic rings. The van der Waals surface area contributed by atoms with Gasteiger partial charge in [-0.05, 0) is 122 Å². The van der Waals surface area contributed by atoms with Crippen LogP contribution in [0.3, 0.4) is 0 Å². The van der Waals surface area contributed by atoms with Crippen LogP contribution < -0.4 is 58.7 Å². The van der Waals surface area contributed by atoms with Gasteiger partial charge in [0.2, 0.25) is 59.1 Å². The number of aromatic nitrogens is 4. The van der Waals surface area contributed by atoms with E-state index in [9.17, 15) is 47.4 Å². The standard InChI is InChI=1S/C70H83F2N15O13S2/c1-70-19-6-21-87(70)68(98)57(24-39-10-14-47(100-2)15-11-39)85-66(96)55(29-46-33-75-38-79-46)83-67(97)56(30-61(90)91)84-65(95)54(26-43-32-77-51-17-13-45(72)28-49(43)51)82-64(94)53(25-42-31-76-50-16-12-44(71)27-48(42)50)81-60(89)34-78-63(93)52(9-3-4-20-73)80-59(88)18-22-101-35-40-7-5-8-41(23-40)36-102-37-58(62(74)92)86-69(70)99/h5,7-8,10-17,23,27-28,31-33,38,52-58,76-77H,3-4,6,9,18-22,24-26,29-30,34-37,73H2,1-2H3,(H2,74,92)(H,75,79)(H,78,93)(H,80,88)(H,81,89)(H,82,94)(H,83,97)(H,84,95)(H,85,96)(H,86,99)(H,90,91)/t52-,53-,54-,55-,56-,57-,58-,70-/m0/s1. The van der Waals surface area contributed by atoms with Crippen LogP contribution in [0.15, 0.2) is 110 Å². The Morgan fingerprint density at radius 3 is 1.85 bits per heavy atom. The third-order valence-electron chi connectivity index (χ3n) is 17.8. The number of thioether (sulfide) groups is 2. The van der Waals surface area contributed by atoms with Crippen molar-refractivity contribution in [1.29, 1.82) is 0 Å². The fourth-order valence-electron chi connectivity index (χ4n) is 12.3. The summed E-state index contributed by atoms with van der Waals surface area (Å²) >= 11 is 2.80. The van der Waals surface area contributed by atoms with Gasteiger partial charge in [0.15, 0.2) is 0 Å². The van der Waals surface area contributed by atoms with E-state index < -0.39 is 144 Å². The third-order valence-corrected chi connectivity index (χ3v) is 19.9. The molecule has 10 amide bonds. The van der Waals surface area contributed by atoms with Crippen LogP contribution >= 0.6 is 23.5 Å². The minimum atomic E-state index is -2.04. The second-order valence-corrected chi connectivity index (χ2v) is 27.4. The van der Waals surface area contributed by atoms with E-state index in [1.54, 1.807) is 31.2 Å². The number of benzene rings is 4. The molecule has 0 saturated carbocycles. The maximum absolute atomic E-state index is 15.3. The van der Waals surface area contributed by atoms with Crippen molar-refractivity contribution >= 4 is 110 Å². The number of imidazole rings is 1. The molecule has 0 unspecified atom stereocenters. The monoisotopic (exact) mass is 1440 g/mol. The van der Waals surface area contributed by atoms with Crippen molar-refractivity contribution in [2.24, 2.45) is 11.5 Å². The lowest BCUT2D eigenvalue weighted by Gasteiger charge is -2.37. The van der Waals surface area contributed by atoms with Crippen molar-refractivity contribution in [1.82, 2.24) is 67.4 Å². The second-order valence-electron chi connectivity index (χ2n) is 25.3. The Balaban J connectivity index is 1.06. The van der Waals surface area contributed by atoms with E-state index in [4.69, 9.17) is 16.2 Å². The number of hydrogen-bond donors (Lipinski definition) is 14. The van der Waals surface area contributed by atoms with Gasteiger partial charge in [0.05, 0.1) is 26.4 Å². The van der Waals surface area contributed by atoms with Crippen LogP contribution in [0.5, 0.6) is 5.75 Å². The number of aliphatic carboxylic acids is 1. The van der Waals surface area contributed by atoms with E-state index >= 15 is 19.2 Å². The highest BCUT2D eigenvalue weighted by atomic mass is 32.2. The number of carbonyl (C=O) groups is 11. The fraction of sp³-hybridized carbons (Fsp3) is 0.400. The first kappa shape index (κ1) is 75.9. The quantitative estimate of drug-likeness (QED) is 0.0618. The zero-order chi connectivity index (χ0) is 73.0. The number of ether oxygens (including phenoxy) is 1. The number of carboxylic acid groups (broad SMARTS) is 1. The number of carboxylic acids is 1. The van der Waals surface area contributed by atoms with Gasteiger partial charge in [-0.2, -0.15) is 23.5 Å². The Hall–Kier alpha value is -10.3. The van der Waals surface area contributed by atoms with Gasteiger partial charge in [0.25, 0.3) is 0 Å². The number of nitrogens with two attached hydrogens (primary N) is 2. The lowest BCUT2D eigenvalue weighted by atomic mass is 9.95. The summed E-state index contributed by atoms with van der Waals surface area (Å²) in [5.74, 6) is -9.92. The number of rotatable bonds is 16. The average molecular weight is 1440 g/mol. The van der Waals surface area contributed by atoms with Gasteiger partial charge < -0.3 is 83.7 Å². The molecule has 2 bridgehead atoms. The molecule has 1 saturated heterocycles. The molecule has 16 N–H and O–H groups in total. The Morgan fingerprint density at radius 2 is 1.25 bits per heavy atom. The summed E-state index contributed by atoms with van der Waals surface area (Å²) in [6, 6.07) is 11.0. The summed E-state index contributed by atoms with van der Waals surface area (Å²) in [5, 5.41) is 32.1. The van der Waals surface area contributed by atoms with Gasteiger partial charge in [-0.3, -0.25) is 52.7 Å². The molecule has 3 aromatic heterocycles. The van der Waals surface area contributed by atoms with Crippen LogP contribution in [0, 0.1) is 11.6 Å². The van der Waals surface area contributed by atoms with Crippen LogP contribution in [0.1, 0.15) is 85.4 Å². The van der Waals surface area contributed by atoms with Gasteiger partial charge >= 0.3 is 5.97 Å². The van der Waals surface area contributed by atoms with Crippen LogP contribution in [-0.2, 0) is 89.9 Å². The molecule has 102 heavy (non-hydrogen) atoms. The number of carbonyl (C=O) groups excluding carboxylic acids is 10. The van der Waals surface area contributed by atoms with Crippen molar-refractivity contribution in [2.75, 3.05) is 38.2 Å². The smallest absolute Gasteiger partial charge is 0.305 e. The first-order chi connectivity index (χ1) is 49.0. The lowest BCUT2D eigenvalue weighted by molar-refractivity contribution is -0.147. The Bertz CT molecular complexity index is 4180. The van der Waals surface area contributed by atoms with E-state index in [0.717, 1.165) is 11.1 Å². The van der Waals surface area contributed by atoms with E-state index in [0.29, 0.717) is 76.4 Å². The van der Waals surface area contributed by atoms with Crippen molar-refractivity contribution in [3.63, 3.8) is 0 Å². The molecule has 0 spiro atoms. The maximum Gasteiger partial charge on any atom is 0.305 e. The molecule has 0 radical (unpaired) electrons. The van der Waals surface area contributed by atoms with Crippen LogP contribution in [-0.4, -0.2) is 181 Å². The van der Waals surface area contributed by atoms with E-state index in [1.165, 1.54) is 96.8 Å². The predicted octanol–water partition coefficient (Wildman–Crippen LogP) is 2.48. The predicted molar refractivity (Wildman–Crippen MR) is 377 cm³/mol. The number of H-pyrrole nitrogens is 3. The molecule has 9 rings (SSSR count). The lowest BCUT2D eigenvalue weighted by Crippen LogP contribution is -2.63. The number of halogens is 2. The molecule has 2 aliphatic heterocycles. The first-order valence-corrected chi connectivity index (χ1v) is 35.5. The topological polar surface area (TPSA) is 429 Å². The highest BCUT2D eigenvalue weighted by Gasteiger charge is 2.49.